The fraction of sp³-hybridized carbons (Fsp3) is 0.778. The van der Waals surface area contributed by atoms with Crippen LogP contribution in [0.25, 0.3) is 0 Å². The van der Waals surface area contributed by atoms with Gasteiger partial charge in [0.25, 0.3) is 0 Å². The van der Waals surface area contributed by atoms with Crippen LogP contribution in [-0.4, -0.2) is 43.7 Å². The second kappa shape index (κ2) is 10.9. The smallest absolute Gasteiger partial charge is 0.207 e. The Morgan fingerprint density at radius 3 is 2.18 bits per heavy atom. The van der Waals surface area contributed by atoms with Crippen molar-refractivity contribution in [2.24, 2.45) is 29.4 Å². The van der Waals surface area contributed by atoms with Gasteiger partial charge in [0.1, 0.15) is 5.75 Å². The number of benzene rings is 1. The summed E-state index contributed by atoms with van der Waals surface area (Å²) in [7, 11) is 1.83. The maximum absolute atomic E-state index is 6.27. The van der Waals surface area contributed by atoms with Crippen LogP contribution in [-0.2, 0) is 14.5 Å². The van der Waals surface area contributed by atoms with E-state index in [9.17, 15) is 0 Å². The highest BCUT2D eigenvalue weighted by Crippen LogP contribution is 2.60. The molecule has 4 bridgehead atoms. The molecule has 0 radical (unpaired) electrons. The molecule has 0 amide bonds. The van der Waals surface area contributed by atoms with E-state index in [0.717, 1.165) is 67.9 Å². The molecular formula is C27H41NO4S. The van der Waals surface area contributed by atoms with Gasteiger partial charge >= 0.3 is 0 Å². The number of rotatable bonds is 11. The minimum atomic E-state index is -0.497. The van der Waals surface area contributed by atoms with Crippen molar-refractivity contribution < 1.29 is 19.2 Å². The van der Waals surface area contributed by atoms with E-state index in [0.29, 0.717) is 17.8 Å². The fourth-order valence-electron chi connectivity index (χ4n) is 7.22. The minimum Gasteiger partial charge on any atom is -0.493 e. The lowest BCUT2D eigenvalue weighted by Gasteiger charge is -2.58. The van der Waals surface area contributed by atoms with Gasteiger partial charge in [-0.1, -0.05) is 12.1 Å². The van der Waals surface area contributed by atoms with Crippen LogP contribution < -0.4 is 10.5 Å². The van der Waals surface area contributed by atoms with E-state index >= 15 is 0 Å². The molecule has 6 rings (SSSR count). The molecule has 5 nitrogen and oxygen atoms in total. The molecule has 5 fully saturated rings. The molecule has 1 aromatic carbocycles. The summed E-state index contributed by atoms with van der Waals surface area (Å²) in [6, 6.07) is 8.70. The van der Waals surface area contributed by atoms with E-state index < -0.39 is 5.79 Å². The average molecular weight is 476 g/mol. The molecular weight excluding hydrogens is 434 g/mol. The van der Waals surface area contributed by atoms with Crippen LogP contribution in [0.1, 0.15) is 69.3 Å². The molecule has 0 aliphatic heterocycles. The third-order valence-corrected chi connectivity index (χ3v) is 9.67. The predicted molar refractivity (Wildman–Crippen MR) is 132 cm³/mol. The molecule has 0 spiro atoms. The Labute approximate surface area is 203 Å². The molecule has 0 heterocycles. The van der Waals surface area contributed by atoms with Crippen LogP contribution in [0.15, 0.2) is 24.3 Å². The van der Waals surface area contributed by atoms with Crippen molar-refractivity contribution in [2.45, 2.75) is 75.6 Å². The quantitative estimate of drug-likeness (QED) is 0.196. The minimum absolute atomic E-state index is 0.180. The summed E-state index contributed by atoms with van der Waals surface area (Å²) in [5.41, 5.74) is 6.93. The molecule has 0 saturated heterocycles. The summed E-state index contributed by atoms with van der Waals surface area (Å²) in [5.74, 6) is 5.83. The highest BCUT2D eigenvalue weighted by molar-refractivity contribution is 7.99. The molecule has 6 heteroatoms. The van der Waals surface area contributed by atoms with Crippen LogP contribution in [0, 0.1) is 23.7 Å². The largest absolute Gasteiger partial charge is 0.493 e. The van der Waals surface area contributed by atoms with Crippen molar-refractivity contribution in [1.29, 1.82) is 0 Å². The van der Waals surface area contributed by atoms with Gasteiger partial charge in [0.05, 0.1) is 12.7 Å². The van der Waals surface area contributed by atoms with E-state index in [1.54, 1.807) is 0 Å². The second-order valence-corrected chi connectivity index (χ2v) is 11.9. The molecule has 5 aliphatic carbocycles. The highest BCUT2D eigenvalue weighted by atomic mass is 32.2. The Morgan fingerprint density at radius 2 is 1.58 bits per heavy atom. The van der Waals surface area contributed by atoms with Crippen molar-refractivity contribution in [3.63, 3.8) is 0 Å². The number of hydrogen-bond donors (Lipinski definition) is 1. The number of ether oxygens (including phenoxy) is 2. The van der Waals surface area contributed by atoms with Crippen LogP contribution in [0.4, 0.5) is 0 Å². The van der Waals surface area contributed by atoms with Crippen LogP contribution >= 0.6 is 11.8 Å². The van der Waals surface area contributed by atoms with E-state index in [2.05, 4.69) is 24.3 Å². The molecule has 2 N–H and O–H groups in total. The fourth-order valence-corrected chi connectivity index (χ4v) is 7.79. The summed E-state index contributed by atoms with van der Waals surface area (Å²) >= 11 is 1.84. The lowest BCUT2D eigenvalue weighted by molar-refractivity contribution is -0.485. The highest BCUT2D eigenvalue weighted by Gasteiger charge is 2.60. The zero-order valence-electron chi connectivity index (χ0n) is 20.1. The summed E-state index contributed by atoms with van der Waals surface area (Å²) < 4.78 is 11.9. The first-order chi connectivity index (χ1) is 16.2. The molecule has 0 aromatic heterocycles. The maximum Gasteiger partial charge on any atom is 0.207 e. The summed E-state index contributed by atoms with van der Waals surface area (Å²) in [5, 5.41) is 0. The maximum atomic E-state index is 6.27. The van der Waals surface area contributed by atoms with Gasteiger partial charge in [0.15, 0.2) is 0 Å². The molecule has 5 saturated carbocycles. The van der Waals surface area contributed by atoms with Crippen LogP contribution in [0.5, 0.6) is 5.75 Å². The standard InChI is InChI=1S/C27H41NO4S/c1-29-27(23-15-19-14-20(17-23)18-24(27)16-19)32-31-26-8-4-22(5-9-26)21-2-6-25(7-3-21)30-11-13-33-12-10-28/h2-3,6-7,19-20,22-24,26H,4-5,8-18,28H2,1H3. The van der Waals surface area contributed by atoms with E-state index in [-0.39, 0.29) is 6.10 Å². The summed E-state index contributed by atoms with van der Waals surface area (Å²) in [6.07, 6.45) is 11.0. The number of hydrogen-bond acceptors (Lipinski definition) is 6. The predicted octanol–water partition coefficient (Wildman–Crippen LogP) is 5.53. The Kier molecular flexibility index (Phi) is 7.88. The Morgan fingerprint density at radius 1 is 0.909 bits per heavy atom. The van der Waals surface area contributed by atoms with Crippen molar-refractivity contribution in [3.05, 3.63) is 29.8 Å². The van der Waals surface area contributed by atoms with E-state index in [1.165, 1.54) is 37.7 Å². The Balaban J connectivity index is 1.07. The molecule has 5 aliphatic rings. The first-order valence-corrected chi connectivity index (χ1v) is 14.3. The number of thioether (sulfide) groups is 1. The van der Waals surface area contributed by atoms with Crippen molar-refractivity contribution in [2.75, 3.05) is 31.8 Å². The zero-order valence-corrected chi connectivity index (χ0v) is 20.9. The van der Waals surface area contributed by atoms with Gasteiger partial charge in [-0.25, -0.2) is 9.78 Å². The topological polar surface area (TPSA) is 62.9 Å². The SMILES string of the molecule is COC1(OOC2CCC(c3ccc(OCCSCCN)cc3)CC2)C2CC3CC(C2)CC1C3. The van der Waals surface area contributed by atoms with Crippen molar-refractivity contribution in [1.82, 2.24) is 0 Å². The molecule has 184 valence electrons. The normalized spacial score (nSPS) is 37.4. The summed E-state index contributed by atoms with van der Waals surface area (Å²) in [6.45, 7) is 1.46. The lowest BCUT2D eigenvalue weighted by atomic mass is 9.53. The van der Waals surface area contributed by atoms with Crippen molar-refractivity contribution in [3.8, 4) is 5.75 Å². The third kappa shape index (κ3) is 5.25. The van der Waals surface area contributed by atoms with Crippen LogP contribution in [0.3, 0.4) is 0 Å². The van der Waals surface area contributed by atoms with Gasteiger partial charge < -0.3 is 15.2 Å². The van der Waals surface area contributed by atoms with E-state index in [1.807, 2.05) is 18.9 Å². The van der Waals surface area contributed by atoms with E-state index in [4.69, 9.17) is 25.0 Å². The molecule has 0 unspecified atom stereocenters. The van der Waals surface area contributed by atoms with Crippen LogP contribution in [0.2, 0.25) is 0 Å². The summed E-state index contributed by atoms with van der Waals surface area (Å²) in [4.78, 5) is 12.4. The Bertz CT molecular complexity index is 721. The molecule has 33 heavy (non-hydrogen) atoms. The van der Waals surface area contributed by atoms with Gasteiger partial charge in [0.2, 0.25) is 5.79 Å². The van der Waals surface area contributed by atoms with Gasteiger partial charge in [0, 0.05) is 37.0 Å². The number of nitrogens with two attached hydrogens (primary N) is 1. The molecule has 1 aromatic rings. The average Bonchev–Trinajstić information content (AvgIpc) is 2.84. The number of methoxy groups -OCH3 is 1. The third-order valence-electron chi connectivity index (χ3n) is 8.69. The molecule has 0 atom stereocenters. The lowest BCUT2D eigenvalue weighted by Crippen LogP contribution is -2.60. The Hall–Kier alpha value is -0.790. The second-order valence-electron chi connectivity index (χ2n) is 10.7. The van der Waals surface area contributed by atoms with Crippen molar-refractivity contribution >= 4 is 11.8 Å². The first kappa shape index (κ1) is 23.9. The van der Waals surface area contributed by atoms with Gasteiger partial charge in [-0.15, -0.1) is 0 Å². The zero-order chi connectivity index (χ0) is 22.7. The van der Waals surface area contributed by atoms with Gasteiger partial charge in [-0.05, 0) is 93.2 Å². The van der Waals surface area contributed by atoms with Gasteiger partial charge in [-0.3, -0.25) is 0 Å². The van der Waals surface area contributed by atoms with Gasteiger partial charge in [-0.2, -0.15) is 11.8 Å². The monoisotopic (exact) mass is 475 g/mol. The first-order valence-electron chi connectivity index (χ1n) is 13.1.